The monoisotopic (exact) mass is 364 g/mol. The second-order valence-electron chi connectivity index (χ2n) is 6.82. The standard InChI is InChI=1S/C22H24N2O3/c1-3-4-14-19(16-10-6-5-7-11-16)23-20(25)15(2)24-21(26)17-12-8-9-13-18(17)22(24)27/h5-13,15,19H,3-4,14H2,1-2H3,(H,23,25)/t15-,19+/m0/s1. The zero-order valence-corrected chi connectivity index (χ0v) is 15.6. The number of rotatable bonds is 7. The van der Waals surface area contributed by atoms with Gasteiger partial charge in [0.05, 0.1) is 17.2 Å². The van der Waals surface area contributed by atoms with Crippen molar-refractivity contribution in [2.75, 3.05) is 0 Å². The first-order chi connectivity index (χ1) is 13.0. The molecule has 2 atom stereocenters. The van der Waals surface area contributed by atoms with Gasteiger partial charge in [-0.15, -0.1) is 0 Å². The van der Waals surface area contributed by atoms with Crippen molar-refractivity contribution in [3.05, 3.63) is 71.3 Å². The summed E-state index contributed by atoms with van der Waals surface area (Å²) >= 11 is 0. The molecule has 2 aromatic carbocycles. The Labute approximate surface area is 159 Å². The van der Waals surface area contributed by atoms with Crippen LogP contribution in [0, 0.1) is 0 Å². The SMILES string of the molecule is CCCC[C@@H](NC(=O)[C@H](C)N1C(=O)c2ccccc2C1=O)c1ccccc1. The molecule has 3 rings (SSSR count). The van der Waals surface area contributed by atoms with E-state index in [1.54, 1.807) is 31.2 Å². The van der Waals surface area contributed by atoms with Gasteiger partial charge in [0.25, 0.3) is 11.8 Å². The Bertz CT molecular complexity index is 813. The first kappa shape index (κ1) is 18.8. The van der Waals surface area contributed by atoms with E-state index < -0.39 is 17.9 Å². The second kappa shape index (κ2) is 8.16. The molecule has 0 fully saturated rings. The number of benzene rings is 2. The van der Waals surface area contributed by atoms with Crippen molar-refractivity contribution < 1.29 is 14.4 Å². The van der Waals surface area contributed by atoms with Crippen LogP contribution in [-0.2, 0) is 4.79 Å². The normalized spacial score (nSPS) is 15.4. The van der Waals surface area contributed by atoms with E-state index in [0.717, 1.165) is 29.7 Å². The van der Waals surface area contributed by atoms with Crippen molar-refractivity contribution in [3.8, 4) is 0 Å². The molecule has 0 saturated heterocycles. The summed E-state index contributed by atoms with van der Waals surface area (Å²) < 4.78 is 0. The Morgan fingerprint density at radius 3 is 2.07 bits per heavy atom. The highest BCUT2D eigenvalue weighted by Crippen LogP contribution is 2.25. The molecule has 5 nitrogen and oxygen atoms in total. The number of nitrogens with zero attached hydrogens (tertiary/aromatic N) is 1. The van der Waals surface area contributed by atoms with Gasteiger partial charge in [-0.2, -0.15) is 0 Å². The van der Waals surface area contributed by atoms with Crippen molar-refractivity contribution >= 4 is 17.7 Å². The summed E-state index contributed by atoms with van der Waals surface area (Å²) in [6.07, 6.45) is 2.80. The highest BCUT2D eigenvalue weighted by atomic mass is 16.2. The van der Waals surface area contributed by atoms with Gasteiger partial charge in [-0.05, 0) is 31.0 Å². The number of carbonyl (C=O) groups is 3. The molecular weight excluding hydrogens is 340 g/mol. The fraction of sp³-hybridized carbons (Fsp3) is 0.318. The van der Waals surface area contributed by atoms with Crippen LogP contribution in [-0.4, -0.2) is 28.7 Å². The van der Waals surface area contributed by atoms with Crippen LogP contribution in [0.3, 0.4) is 0 Å². The van der Waals surface area contributed by atoms with E-state index >= 15 is 0 Å². The summed E-state index contributed by atoms with van der Waals surface area (Å²) in [5.74, 6) is -1.15. The molecule has 0 aromatic heterocycles. The van der Waals surface area contributed by atoms with Gasteiger partial charge in [0.2, 0.25) is 5.91 Å². The molecule has 0 unspecified atom stereocenters. The van der Waals surface area contributed by atoms with Gasteiger partial charge in [-0.1, -0.05) is 62.2 Å². The van der Waals surface area contributed by atoms with Gasteiger partial charge in [0.15, 0.2) is 0 Å². The summed E-state index contributed by atoms with van der Waals surface area (Å²) in [6, 6.07) is 15.4. The smallest absolute Gasteiger partial charge is 0.262 e. The molecule has 1 aliphatic heterocycles. The number of fused-ring (bicyclic) bond motifs is 1. The molecule has 1 N–H and O–H groups in total. The third-order valence-corrected chi connectivity index (χ3v) is 4.96. The first-order valence-corrected chi connectivity index (χ1v) is 9.36. The van der Waals surface area contributed by atoms with Crippen LogP contribution < -0.4 is 5.32 Å². The third kappa shape index (κ3) is 3.77. The molecule has 140 valence electrons. The van der Waals surface area contributed by atoms with Gasteiger partial charge in [0, 0.05) is 0 Å². The lowest BCUT2D eigenvalue weighted by Crippen LogP contribution is -2.48. The van der Waals surface area contributed by atoms with Crippen molar-refractivity contribution in [2.24, 2.45) is 0 Å². The molecule has 0 radical (unpaired) electrons. The highest BCUT2D eigenvalue weighted by molar-refractivity contribution is 6.22. The average Bonchev–Trinajstić information content (AvgIpc) is 2.96. The fourth-order valence-electron chi connectivity index (χ4n) is 3.38. The van der Waals surface area contributed by atoms with Gasteiger partial charge < -0.3 is 5.32 Å². The molecule has 1 heterocycles. The average molecular weight is 364 g/mol. The zero-order valence-electron chi connectivity index (χ0n) is 15.6. The Hall–Kier alpha value is -2.95. The molecule has 0 spiro atoms. The summed E-state index contributed by atoms with van der Waals surface area (Å²) in [4.78, 5) is 39.1. The van der Waals surface area contributed by atoms with Gasteiger partial charge in [0.1, 0.15) is 6.04 Å². The van der Waals surface area contributed by atoms with Crippen LogP contribution >= 0.6 is 0 Å². The molecule has 0 saturated carbocycles. The zero-order chi connectivity index (χ0) is 19.4. The van der Waals surface area contributed by atoms with Crippen LogP contribution in [0.5, 0.6) is 0 Å². The van der Waals surface area contributed by atoms with Crippen LogP contribution in [0.2, 0.25) is 0 Å². The number of unbranched alkanes of at least 4 members (excludes halogenated alkanes) is 1. The Morgan fingerprint density at radius 2 is 1.52 bits per heavy atom. The summed E-state index contributed by atoms with van der Waals surface area (Å²) in [5, 5.41) is 3.03. The van der Waals surface area contributed by atoms with Gasteiger partial charge in [-0.25, -0.2) is 0 Å². The molecule has 0 aliphatic carbocycles. The number of imide groups is 1. The molecule has 27 heavy (non-hydrogen) atoms. The minimum absolute atomic E-state index is 0.142. The summed E-state index contributed by atoms with van der Waals surface area (Å²) in [5.41, 5.74) is 1.73. The molecule has 0 bridgehead atoms. The molecule has 3 amide bonds. The van der Waals surface area contributed by atoms with Crippen molar-refractivity contribution in [2.45, 2.75) is 45.2 Å². The predicted molar refractivity (Wildman–Crippen MR) is 103 cm³/mol. The Balaban J connectivity index is 1.76. The number of hydrogen-bond acceptors (Lipinski definition) is 3. The van der Waals surface area contributed by atoms with E-state index in [4.69, 9.17) is 0 Å². The lowest BCUT2D eigenvalue weighted by Gasteiger charge is -2.25. The lowest BCUT2D eigenvalue weighted by molar-refractivity contribution is -0.125. The molecule has 2 aromatic rings. The van der Waals surface area contributed by atoms with Gasteiger partial charge in [-0.3, -0.25) is 19.3 Å². The number of hydrogen-bond donors (Lipinski definition) is 1. The van der Waals surface area contributed by atoms with Crippen LogP contribution in [0.25, 0.3) is 0 Å². The summed E-state index contributed by atoms with van der Waals surface area (Å²) in [7, 11) is 0. The van der Waals surface area contributed by atoms with Crippen molar-refractivity contribution in [1.29, 1.82) is 0 Å². The van der Waals surface area contributed by atoms with Crippen molar-refractivity contribution in [1.82, 2.24) is 10.2 Å². The fourth-order valence-corrected chi connectivity index (χ4v) is 3.38. The number of amides is 3. The van der Waals surface area contributed by atoms with E-state index in [9.17, 15) is 14.4 Å². The highest BCUT2D eigenvalue weighted by Gasteiger charge is 2.40. The number of nitrogens with one attached hydrogen (secondary N) is 1. The van der Waals surface area contributed by atoms with Crippen molar-refractivity contribution in [3.63, 3.8) is 0 Å². The Kier molecular flexibility index (Phi) is 5.69. The first-order valence-electron chi connectivity index (χ1n) is 9.36. The topological polar surface area (TPSA) is 66.5 Å². The summed E-state index contributed by atoms with van der Waals surface area (Å²) in [6.45, 7) is 3.70. The maximum Gasteiger partial charge on any atom is 0.262 e. The minimum Gasteiger partial charge on any atom is -0.348 e. The maximum atomic E-state index is 12.9. The maximum absolute atomic E-state index is 12.9. The van der Waals surface area contributed by atoms with E-state index in [2.05, 4.69) is 12.2 Å². The number of carbonyl (C=O) groups excluding carboxylic acids is 3. The predicted octanol–water partition coefficient (Wildman–Crippen LogP) is 3.72. The largest absolute Gasteiger partial charge is 0.348 e. The van der Waals surface area contributed by atoms with E-state index in [0.29, 0.717) is 11.1 Å². The van der Waals surface area contributed by atoms with E-state index in [1.165, 1.54) is 0 Å². The van der Waals surface area contributed by atoms with E-state index in [1.807, 2.05) is 30.3 Å². The molecule has 1 aliphatic rings. The second-order valence-corrected chi connectivity index (χ2v) is 6.82. The van der Waals surface area contributed by atoms with Crippen LogP contribution in [0.15, 0.2) is 54.6 Å². The third-order valence-electron chi connectivity index (χ3n) is 4.96. The minimum atomic E-state index is -0.870. The molecular formula is C22H24N2O3. The quantitative estimate of drug-likeness (QED) is 0.762. The lowest BCUT2D eigenvalue weighted by atomic mass is 10.0. The molecule has 5 heteroatoms. The van der Waals surface area contributed by atoms with Crippen LogP contribution in [0.4, 0.5) is 0 Å². The van der Waals surface area contributed by atoms with E-state index in [-0.39, 0.29) is 11.9 Å². The van der Waals surface area contributed by atoms with Crippen LogP contribution in [0.1, 0.15) is 65.4 Å². The Morgan fingerprint density at radius 1 is 0.963 bits per heavy atom. The van der Waals surface area contributed by atoms with Gasteiger partial charge >= 0.3 is 0 Å².